The van der Waals surface area contributed by atoms with Crippen LogP contribution < -0.4 is 0 Å². The topological polar surface area (TPSA) is 80.3 Å². The van der Waals surface area contributed by atoms with Crippen LogP contribution in [0.2, 0.25) is 0 Å². The maximum atomic E-state index is 12.6. The van der Waals surface area contributed by atoms with Crippen LogP contribution in [0.15, 0.2) is 0 Å². The molecule has 0 spiro atoms. The quantitative estimate of drug-likeness (QED) is 0.421. The van der Waals surface area contributed by atoms with Crippen molar-refractivity contribution in [1.29, 1.82) is 0 Å². The van der Waals surface area contributed by atoms with Gasteiger partial charge in [0.15, 0.2) is 0 Å². The molecular formula is C16H20O7P2. The van der Waals surface area contributed by atoms with E-state index in [9.17, 15) is 9.13 Å². The molecule has 0 amide bonds. The van der Waals surface area contributed by atoms with Crippen molar-refractivity contribution in [3.05, 3.63) is 0 Å². The summed E-state index contributed by atoms with van der Waals surface area (Å²) >= 11 is 0. The molecule has 0 heterocycles. The molecule has 0 aromatic heterocycles. The Morgan fingerprint density at radius 1 is 0.560 bits per heavy atom. The molecule has 0 aliphatic heterocycles. The van der Waals surface area contributed by atoms with Crippen LogP contribution in [0.5, 0.6) is 0 Å². The predicted molar refractivity (Wildman–Crippen MR) is 93.9 cm³/mol. The molecule has 0 aliphatic rings. The lowest BCUT2D eigenvalue weighted by molar-refractivity contribution is 0.134. The van der Waals surface area contributed by atoms with Crippen LogP contribution >= 0.6 is 15.6 Å². The molecule has 0 fully saturated rings. The van der Waals surface area contributed by atoms with Crippen LogP contribution in [0.4, 0.5) is 0 Å². The Hall–Kier alpha value is -1.50. The molecule has 7 nitrogen and oxygen atoms in total. The SMILES string of the molecule is CC#CCOP(=O)(OCC#CC)OP(=O)(OCC#CC)OCC#CC. The fourth-order valence-electron chi connectivity index (χ4n) is 1.03. The molecule has 25 heavy (non-hydrogen) atoms. The van der Waals surface area contributed by atoms with Crippen molar-refractivity contribution in [3.8, 4) is 47.4 Å². The number of rotatable bonds is 10. The van der Waals surface area contributed by atoms with E-state index in [2.05, 4.69) is 47.4 Å². The van der Waals surface area contributed by atoms with E-state index in [1.165, 1.54) is 0 Å². The first-order valence-corrected chi connectivity index (χ1v) is 9.95. The number of phosphoric acid groups is 2. The minimum absolute atomic E-state index is 0.267. The molecule has 0 rings (SSSR count). The molecule has 9 heteroatoms. The van der Waals surface area contributed by atoms with E-state index in [1.807, 2.05) is 0 Å². The van der Waals surface area contributed by atoms with Gasteiger partial charge in [-0.1, -0.05) is 23.7 Å². The Balaban J connectivity index is 5.31. The summed E-state index contributed by atoms with van der Waals surface area (Å²) in [4.78, 5) is 0. The maximum Gasteiger partial charge on any atom is 0.485 e. The molecule has 0 aromatic rings. The molecule has 0 unspecified atom stereocenters. The summed E-state index contributed by atoms with van der Waals surface area (Å²) in [5.41, 5.74) is 0. The van der Waals surface area contributed by atoms with Crippen molar-refractivity contribution >= 4 is 15.6 Å². The van der Waals surface area contributed by atoms with Gasteiger partial charge in [0.1, 0.15) is 26.4 Å². The summed E-state index contributed by atoms with van der Waals surface area (Å²) in [6.45, 7) is 5.22. The Bertz CT molecular complexity index is 624. The third-order valence-electron chi connectivity index (χ3n) is 2.09. The minimum atomic E-state index is -4.31. The minimum Gasteiger partial charge on any atom is -0.273 e. The van der Waals surface area contributed by atoms with Gasteiger partial charge in [-0.25, -0.2) is 9.13 Å². The lowest BCUT2D eigenvalue weighted by Gasteiger charge is -2.20. The zero-order valence-corrected chi connectivity index (χ0v) is 16.4. The van der Waals surface area contributed by atoms with Crippen LogP contribution in [0.25, 0.3) is 0 Å². The molecule has 0 aliphatic carbocycles. The second-order valence-electron chi connectivity index (χ2n) is 3.78. The molecule has 0 atom stereocenters. The van der Waals surface area contributed by atoms with E-state index in [-0.39, 0.29) is 26.4 Å². The second-order valence-corrected chi connectivity index (χ2v) is 7.25. The average Bonchev–Trinajstić information content (AvgIpc) is 2.56. The maximum absolute atomic E-state index is 12.6. The van der Waals surface area contributed by atoms with Gasteiger partial charge in [0.25, 0.3) is 0 Å². The average molecular weight is 386 g/mol. The summed E-state index contributed by atoms with van der Waals surface area (Å²) in [5.74, 6) is 20.3. The first-order valence-electron chi connectivity index (χ1n) is 7.03. The highest BCUT2D eigenvalue weighted by atomic mass is 31.3. The fourth-order valence-corrected chi connectivity index (χ4v) is 3.80. The van der Waals surface area contributed by atoms with Crippen LogP contribution in [-0.2, 0) is 31.5 Å². The fraction of sp³-hybridized carbons (Fsp3) is 0.500. The van der Waals surface area contributed by atoms with E-state index in [0.29, 0.717) is 0 Å². The predicted octanol–water partition coefficient (Wildman–Crippen LogP) is 3.38. The molecule has 0 N–H and O–H groups in total. The second kappa shape index (κ2) is 13.8. The van der Waals surface area contributed by atoms with Gasteiger partial charge in [-0.2, -0.15) is 4.31 Å². The Morgan fingerprint density at radius 2 is 0.800 bits per heavy atom. The van der Waals surface area contributed by atoms with Crippen LogP contribution in [0, 0.1) is 47.4 Å². The molecular weight excluding hydrogens is 366 g/mol. The smallest absolute Gasteiger partial charge is 0.273 e. The monoisotopic (exact) mass is 386 g/mol. The standard InChI is InChI=1S/C16H20O7P2/c1-5-9-13-19-24(17,20-14-10-6-2)23-25(18,21-15-11-7-3)22-16-12-8-4/h13-16H2,1-4H3. The normalized spacial score (nSPS) is 10.1. The van der Waals surface area contributed by atoms with E-state index < -0.39 is 15.6 Å². The number of hydrogen-bond donors (Lipinski definition) is 0. The highest BCUT2D eigenvalue weighted by Crippen LogP contribution is 2.65. The third-order valence-corrected chi connectivity index (χ3v) is 5.47. The molecule has 0 radical (unpaired) electrons. The van der Waals surface area contributed by atoms with Crippen LogP contribution in [0.3, 0.4) is 0 Å². The summed E-state index contributed by atoms with van der Waals surface area (Å²) in [5, 5.41) is 0. The zero-order chi connectivity index (χ0) is 19.0. The number of phosphoric ester groups is 2. The Morgan fingerprint density at radius 3 is 1.00 bits per heavy atom. The van der Waals surface area contributed by atoms with Crippen molar-refractivity contribution < 1.29 is 31.5 Å². The molecule has 136 valence electrons. The highest BCUT2D eigenvalue weighted by Gasteiger charge is 2.40. The largest absolute Gasteiger partial charge is 0.485 e. The highest BCUT2D eigenvalue weighted by molar-refractivity contribution is 7.62. The first kappa shape index (κ1) is 23.5. The summed E-state index contributed by atoms with van der Waals surface area (Å²) in [6.07, 6.45) is 0. The van der Waals surface area contributed by atoms with E-state index in [1.54, 1.807) is 27.7 Å². The number of hydrogen-bond acceptors (Lipinski definition) is 7. The van der Waals surface area contributed by atoms with Crippen molar-refractivity contribution in [3.63, 3.8) is 0 Å². The van der Waals surface area contributed by atoms with Crippen molar-refractivity contribution in [2.75, 3.05) is 26.4 Å². The van der Waals surface area contributed by atoms with Crippen LogP contribution in [-0.4, -0.2) is 26.4 Å². The zero-order valence-electron chi connectivity index (χ0n) is 14.6. The van der Waals surface area contributed by atoms with Gasteiger partial charge in [-0.15, -0.1) is 23.7 Å². The lowest BCUT2D eigenvalue weighted by Crippen LogP contribution is -2.05. The summed E-state index contributed by atoms with van der Waals surface area (Å²) in [7, 11) is -8.62. The van der Waals surface area contributed by atoms with Crippen molar-refractivity contribution in [2.45, 2.75) is 27.7 Å². The molecule has 0 saturated heterocycles. The summed E-state index contributed by atoms with van der Waals surface area (Å²) < 4.78 is 50.2. The van der Waals surface area contributed by atoms with Crippen LogP contribution in [0.1, 0.15) is 27.7 Å². The summed E-state index contributed by atoms with van der Waals surface area (Å²) in [6, 6.07) is 0. The third kappa shape index (κ3) is 11.6. The molecule has 0 saturated carbocycles. The van der Waals surface area contributed by atoms with Gasteiger partial charge in [0.2, 0.25) is 0 Å². The van der Waals surface area contributed by atoms with E-state index >= 15 is 0 Å². The van der Waals surface area contributed by atoms with Crippen molar-refractivity contribution in [1.82, 2.24) is 0 Å². The molecule has 0 aromatic carbocycles. The van der Waals surface area contributed by atoms with Gasteiger partial charge in [0, 0.05) is 0 Å². The molecule has 0 bridgehead atoms. The van der Waals surface area contributed by atoms with Gasteiger partial charge < -0.3 is 0 Å². The van der Waals surface area contributed by atoms with Gasteiger partial charge >= 0.3 is 15.6 Å². The van der Waals surface area contributed by atoms with E-state index in [4.69, 9.17) is 22.4 Å². The first-order chi connectivity index (χ1) is 11.9. The Labute approximate surface area is 149 Å². The van der Waals surface area contributed by atoms with Gasteiger partial charge in [-0.3, -0.25) is 18.1 Å². The van der Waals surface area contributed by atoms with E-state index in [0.717, 1.165) is 0 Å². The Kier molecular flexibility index (Phi) is 12.9. The lowest BCUT2D eigenvalue weighted by atomic mass is 10.6. The van der Waals surface area contributed by atoms with Gasteiger partial charge in [-0.05, 0) is 27.7 Å². The van der Waals surface area contributed by atoms with Gasteiger partial charge in [0.05, 0.1) is 0 Å². The van der Waals surface area contributed by atoms with Crippen molar-refractivity contribution in [2.24, 2.45) is 0 Å².